The van der Waals surface area contributed by atoms with E-state index in [2.05, 4.69) is 57.4 Å². The SMILES string of the molecule is Cc1cccc2c1nc(Cn1c(=O)n(C(C)C)c3ccccc31)n2CCC(C)C. The first-order valence-electron chi connectivity index (χ1n) is 10.5. The summed E-state index contributed by atoms with van der Waals surface area (Å²) in [5.74, 6) is 1.55. The van der Waals surface area contributed by atoms with Crippen molar-refractivity contribution in [1.29, 1.82) is 0 Å². The summed E-state index contributed by atoms with van der Waals surface area (Å²) in [7, 11) is 0. The number of fused-ring (bicyclic) bond motifs is 2. The molecule has 0 atom stereocenters. The molecule has 2 heterocycles. The van der Waals surface area contributed by atoms with Gasteiger partial charge in [0.25, 0.3) is 0 Å². The monoisotopic (exact) mass is 390 g/mol. The molecule has 0 unspecified atom stereocenters. The van der Waals surface area contributed by atoms with Crippen LogP contribution in [0.15, 0.2) is 47.3 Å². The molecular weight excluding hydrogens is 360 g/mol. The summed E-state index contributed by atoms with van der Waals surface area (Å²) < 4.78 is 6.05. The van der Waals surface area contributed by atoms with Crippen LogP contribution in [-0.2, 0) is 13.1 Å². The summed E-state index contributed by atoms with van der Waals surface area (Å²) in [5.41, 5.74) is 5.33. The molecule has 0 fully saturated rings. The molecule has 0 aliphatic rings. The van der Waals surface area contributed by atoms with Crippen LogP contribution < -0.4 is 5.69 Å². The fourth-order valence-corrected chi connectivity index (χ4v) is 4.12. The highest BCUT2D eigenvalue weighted by Crippen LogP contribution is 2.23. The summed E-state index contributed by atoms with van der Waals surface area (Å²) in [6, 6.07) is 14.5. The Balaban J connectivity index is 1.89. The van der Waals surface area contributed by atoms with E-state index in [4.69, 9.17) is 4.98 Å². The van der Waals surface area contributed by atoms with Crippen molar-refractivity contribution in [3.05, 3.63) is 64.3 Å². The van der Waals surface area contributed by atoms with Gasteiger partial charge in [-0.25, -0.2) is 9.78 Å². The number of nitrogens with zero attached hydrogens (tertiary/aromatic N) is 4. The van der Waals surface area contributed by atoms with Crippen LogP contribution in [0.1, 0.15) is 51.5 Å². The standard InChI is InChI=1S/C24H30N4O/c1-16(2)13-14-26-21-12-8-9-18(5)23(21)25-22(26)15-27-19-10-6-7-11-20(19)28(17(3)4)24(27)29/h6-12,16-17H,13-15H2,1-5H3. The minimum atomic E-state index is 0.0281. The predicted molar refractivity (Wildman–Crippen MR) is 120 cm³/mol. The van der Waals surface area contributed by atoms with E-state index in [9.17, 15) is 4.79 Å². The van der Waals surface area contributed by atoms with Crippen LogP contribution in [-0.4, -0.2) is 18.7 Å². The van der Waals surface area contributed by atoms with E-state index in [0.717, 1.165) is 40.9 Å². The van der Waals surface area contributed by atoms with Crippen LogP contribution in [0.5, 0.6) is 0 Å². The molecule has 5 heteroatoms. The summed E-state index contributed by atoms with van der Waals surface area (Å²) in [6.07, 6.45) is 1.08. The van der Waals surface area contributed by atoms with Gasteiger partial charge >= 0.3 is 5.69 Å². The molecule has 29 heavy (non-hydrogen) atoms. The molecule has 0 amide bonds. The lowest BCUT2D eigenvalue weighted by molar-refractivity contribution is 0.504. The molecule has 2 aromatic heterocycles. The van der Waals surface area contributed by atoms with Crippen molar-refractivity contribution in [2.24, 2.45) is 5.92 Å². The molecule has 0 aliphatic heterocycles. The Morgan fingerprint density at radius 2 is 1.59 bits per heavy atom. The zero-order chi connectivity index (χ0) is 20.7. The van der Waals surface area contributed by atoms with Crippen LogP contribution >= 0.6 is 0 Å². The van der Waals surface area contributed by atoms with E-state index in [1.54, 1.807) is 0 Å². The first-order chi connectivity index (χ1) is 13.9. The second-order valence-electron chi connectivity index (χ2n) is 8.63. The average molecular weight is 391 g/mol. The Morgan fingerprint density at radius 3 is 2.28 bits per heavy atom. The topological polar surface area (TPSA) is 44.8 Å². The number of hydrogen-bond donors (Lipinski definition) is 0. The van der Waals surface area contributed by atoms with Crippen molar-refractivity contribution in [3.63, 3.8) is 0 Å². The number of imidazole rings is 2. The van der Waals surface area contributed by atoms with Gasteiger partial charge in [-0.1, -0.05) is 38.1 Å². The maximum Gasteiger partial charge on any atom is 0.329 e. The van der Waals surface area contributed by atoms with Gasteiger partial charge < -0.3 is 4.57 Å². The van der Waals surface area contributed by atoms with Gasteiger partial charge in [-0.05, 0) is 56.9 Å². The van der Waals surface area contributed by atoms with Gasteiger partial charge in [0.2, 0.25) is 0 Å². The molecule has 0 bridgehead atoms. The lowest BCUT2D eigenvalue weighted by atomic mass is 10.1. The van der Waals surface area contributed by atoms with E-state index in [1.807, 2.05) is 33.4 Å². The number of aromatic nitrogens is 4. The molecule has 0 saturated carbocycles. The molecule has 0 saturated heterocycles. The van der Waals surface area contributed by atoms with E-state index in [-0.39, 0.29) is 11.7 Å². The third-order valence-corrected chi connectivity index (χ3v) is 5.67. The van der Waals surface area contributed by atoms with Crippen LogP contribution in [0.4, 0.5) is 0 Å². The zero-order valence-corrected chi connectivity index (χ0v) is 18.0. The van der Waals surface area contributed by atoms with Crippen LogP contribution in [0.2, 0.25) is 0 Å². The molecule has 4 aromatic rings. The third-order valence-electron chi connectivity index (χ3n) is 5.67. The van der Waals surface area contributed by atoms with Crippen molar-refractivity contribution in [1.82, 2.24) is 18.7 Å². The smallest absolute Gasteiger partial charge is 0.326 e. The molecule has 152 valence electrons. The fourth-order valence-electron chi connectivity index (χ4n) is 4.12. The van der Waals surface area contributed by atoms with Crippen molar-refractivity contribution < 1.29 is 0 Å². The maximum absolute atomic E-state index is 13.3. The lowest BCUT2D eigenvalue weighted by Crippen LogP contribution is -2.27. The van der Waals surface area contributed by atoms with Crippen LogP contribution in [0.25, 0.3) is 22.1 Å². The van der Waals surface area contributed by atoms with E-state index < -0.39 is 0 Å². The minimum absolute atomic E-state index is 0.0281. The molecule has 2 aromatic carbocycles. The molecular formula is C24H30N4O. The Bertz CT molecular complexity index is 1220. The molecule has 0 spiro atoms. The summed E-state index contributed by atoms with van der Waals surface area (Å²) in [5, 5.41) is 0. The number of aryl methyl sites for hydroxylation is 2. The first-order valence-corrected chi connectivity index (χ1v) is 10.5. The van der Waals surface area contributed by atoms with Crippen molar-refractivity contribution in [2.75, 3.05) is 0 Å². The summed E-state index contributed by atoms with van der Waals surface area (Å²) >= 11 is 0. The lowest BCUT2D eigenvalue weighted by Gasteiger charge is -2.12. The van der Waals surface area contributed by atoms with Gasteiger partial charge in [-0.15, -0.1) is 0 Å². The summed E-state index contributed by atoms with van der Waals surface area (Å²) in [6.45, 7) is 12.1. The quantitative estimate of drug-likeness (QED) is 0.458. The van der Waals surface area contributed by atoms with Crippen LogP contribution in [0.3, 0.4) is 0 Å². The number of para-hydroxylation sites is 3. The zero-order valence-electron chi connectivity index (χ0n) is 18.0. The van der Waals surface area contributed by atoms with Crippen molar-refractivity contribution in [2.45, 2.75) is 60.2 Å². The Kier molecular flexibility index (Phi) is 5.07. The van der Waals surface area contributed by atoms with Gasteiger partial charge in [0.05, 0.1) is 28.6 Å². The number of benzene rings is 2. The van der Waals surface area contributed by atoms with Gasteiger partial charge in [-0.3, -0.25) is 9.13 Å². The first kappa shape index (κ1) is 19.5. The van der Waals surface area contributed by atoms with Crippen molar-refractivity contribution in [3.8, 4) is 0 Å². The van der Waals surface area contributed by atoms with Crippen LogP contribution in [0, 0.1) is 12.8 Å². The Labute approximate surface area is 171 Å². The van der Waals surface area contributed by atoms with Gasteiger partial charge in [0, 0.05) is 12.6 Å². The fraction of sp³-hybridized carbons (Fsp3) is 0.417. The normalized spacial score (nSPS) is 12.1. The molecule has 5 nitrogen and oxygen atoms in total. The third kappa shape index (κ3) is 3.39. The molecule has 0 N–H and O–H groups in total. The van der Waals surface area contributed by atoms with Crippen molar-refractivity contribution >= 4 is 22.1 Å². The second kappa shape index (κ2) is 7.54. The molecule has 0 aliphatic carbocycles. The average Bonchev–Trinajstić information content (AvgIpc) is 3.16. The second-order valence-corrected chi connectivity index (χ2v) is 8.63. The molecule has 4 rings (SSSR count). The number of rotatable bonds is 6. The highest BCUT2D eigenvalue weighted by Gasteiger charge is 2.19. The predicted octanol–water partition coefficient (Wildman–Crippen LogP) is 5.14. The van der Waals surface area contributed by atoms with E-state index in [0.29, 0.717) is 12.5 Å². The highest BCUT2D eigenvalue weighted by atomic mass is 16.1. The molecule has 0 radical (unpaired) electrons. The maximum atomic E-state index is 13.3. The Morgan fingerprint density at radius 1 is 0.897 bits per heavy atom. The largest absolute Gasteiger partial charge is 0.329 e. The van der Waals surface area contributed by atoms with Gasteiger partial charge in [-0.2, -0.15) is 0 Å². The van der Waals surface area contributed by atoms with Gasteiger partial charge in [0.1, 0.15) is 5.82 Å². The number of hydrogen-bond acceptors (Lipinski definition) is 2. The minimum Gasteiger partial charge on any atom is -0.326 e. The highest BCUT2D eigenvalue weighted by molar-refractivity contribution is 5.80. The van der Waals surface area contributed by atoms with E-state index >= 15 is 0 Å². The van der Waals surface area contributed by atoms with E-state index in [1.165, 1.54) is 5.56 Å². The Hall–Kier alpha value is -2.82. The summed E-state index contributed by atoms with van der Waals surface area (Å²) in [4.78, 5) is 18.3. The van der Waals surface area contributed by atoms with Gasteiger partial charge in [0.15, 0.2) is 0 Å².